The van der Waals surface area contributed by atoms with Crippen LogP contribution in [0.25, 0.3) is 0 Å². The maximum atomic E-state index is 14.3. The van der Waals surface area contributed by atoms with Crippen molar-refractivity contribution in [3.8, 4) is 28.7 Å². The number of aromatic hydroxyl groups is 3. The van der Waals surface area contributed by atoms with Crippen LogP contribution in [0.5, 0.6) is 28.7 Å². The van der Waals surface area contributed by atoms with Crippen molar-refractivity contribution in [2.75, 3.05) is 20.3 Å². The van der Waals surface area contributed by atoms with E-state index in [2.05, 4.69) is 25.2 Å². The van der Waals surface area contributed by atoms with Crippen molar-refractivity contribution in [2.45, 2.75) is 84.2 Å². The fraction of sp³-hybridized carbons (Fsp3) is 0.528. The van der Waals surface area contributed by atoms with E-state index in [1.807, 2.05) is 6.08 Å². The Labute approximate surface area is 266 Å². The first-order valence-electron chi connectivity index (χ1n) is 16.2. The molecule has 1 heterocycles. The maximum Gasteiger partial charge on any atom is 0.200 e. The highest BCUT2D eigenvalue weighted by atomic mass is 16.5. The van der Waals surface area contributed by atoms with Crippen molar-refractivity contribution < 1.29 is 34.7 Å². The Bertz CT molecular complexity index is 1380. The number of ketones is 1. The number of aliphatic hydroxyl groups is 1. The van der Waals surface area contributed by atoms with E-state index in [1.54, 1.807) is 24.3 Å². The van der Waals surface area contributed by atoms with E-state index >= 15 is 0 Å². The topological polar surface area (TPSA) is 154 Å². The van der Waals surface area contributed by atoms with E-state index in [9.17, 15) is 25.2 Å². The van der Waals surface area contributed by atoms with Crippen LogP contribution < -0.4 is 20.5 Å². The Balaban J connectivity index is 1.57. The molecule has 246 valence electrons. The highest BCUT2D eigenvalue weighted by Crippen LogP contribution is 2.53. The Kier molecular flexibility index (Phi) is 11.7. The van der Waals surface area contributed by atoms with Crippen LogP contribution in [0, 0.1) is 17.3 Å². The second-order valence-corrected chi connectivity index (χ2v) is 12.9. The molecule has 1 fully saturated rings. The number of nitrogens with one attached hydrogen (secondary N) is 1. The van der Waals surface area contributed by atoms with Crippen molar-refractivity contribution in [1.29, 1.82) is 0 Å². The molecule has 0 bridgehead atoms. The number of phenols is 3. The van der Waals surface area contributed by atoms with Crippen LogP contribution in [0.15, 0.2) is 53.9 Å². The predicted molar refractivity (Wildman–Crippen MR) is 174 cm³/mol. The van der Waals surface area contributed by atoms with Gasteiger partial charge in [0.05, 0.1) is 31.6 Å². The SMILES string of the molecule is COc1cc(CC[C@@H](O)[C@H](C(=O)CCc2cc(O)c(O)c(OCCCC(C)C)c2)C2(C3=CCNC(N)=C3)CCCC2)ccc1O. The molecule has 9 nitrogen and oxygen atoms in total. The van der Waals surface area contributed by atoms with Crippen LogP contribution in [0.3, 0.4) is 0 Å². The zero-order valence-corrected chi connectivity index (χ0v) is 26.8. The molecular formula is C36H50N2O7. The Hall–Kier alpha value is -3.85. The number of Topliss-reactive ketones (excluding diaryl/α,β-unsaturated/α-hetero) is 1. The van der Waals surface area contributed by atoms with Crippen molar-refractivity contribution in [1.82, 2.24) is 5.32 Å². The lowest BCUT2D eigenvalue weighted by Gasteiger charge is -2.42. The molecule has 2 atom stereocenters. The third-order valence-corrected chi connectivity index (χ3v) is 9.27. The maximum absolute atomic E-state index is 14.3. The lowest BCUT2D eigenvalue weighted by Crippen LogP contribution is -2.44. The first kappa shape index (κ1) is 34.0. The van der Waals surface area contributed by atoms with Gasteiger partial charge in [-0.1, -0.05) is 38.8 Å². The minimum atomic E-state index is -0.922. The highest BCUT2D eigenvalue weighted by molar-refractivity contribution is 5.83. The van der Waals surface area contributed by atoms with Crippen molar-refractivity contribution >= 4 is 5.78 Å². The van der Waals surface area contributed by atoms with Crippen LogP contribution in [-0.2, 0) is 17.6 Å². The van der Waals surface area contributed by atoms with Gasteiger partial charge in [-0.05, 0) is 97.9 Å². The average molecular weight is 623 g/mol. The number of methoxy groups -OCH3 is 1. The van der Waals surface area contributed by atoms with Gasteiger partial charge >= 0.3 is 0 Å². The number of hydrogen-bond acceptors (Lipinski definition) is 9. The number of carbonyl (C=O) groups excluding carboxylic acids is 1. The first-order chi connectivity index (χ1) is 21.5. The molecule has 2 aromatic carbocycles. The number of allylic oxidation sites excluding steroid dienone is 2. The van der Waals surface area contributed by atoms with Gasteiger partial charge in [0.25, 0.3) is 0 Å². The molecule has 1 aliphatic carbocycles. The lowest BCUT2D eigenvalue weighted by molar-refractivity contribution is -0.131. The van der Waals surface area contributed by atoms with Gasteiger partial charge in [-0.2, -0.15) is 0 Å². The van der Waals surface area contributed by atoms with Gasteiger partial charge in [-0.25, -0.2) is 0 Å². The molecule has 9 heteroatoms. The molecule has 0 aromatic heterocycles. The number of nitrogens with two attached hydrogens (primary N) is 1. The fourth-order valence-corrected chi connectivity index (χ4v) is 6.94. The van der Waals surface area contributed by atoms with E-state index in [1.165, 1.54) is 13.2 Å². The molecule has 2 aromatic rings. The number of ether oxygens (including phenoxy) is 2. The summed E-state index contributed by atoms with van der Waals surface area (Å²) < 4.78 is 11.1. The summed E-state index contributed by atoms with van der Waals surface area (Å²) in [5.41, 5.74) is 8.20. The van der Waals surface area contributed by atoms with Crippen molar-refractivity contribution in [2.24, 2.45) is 23.0 Å². The van der Waals surface area contributed by atoms with E-state index in [-0.39, 0.29) is 35.2 Å². The van der Waals surface area contributed by atoms with Crippen LogP contribution in [0.4, 0.5) is 0 Å². The summed E-state index contributed by atoms with van der Waals surface area (Å²) in [6.07, 6.45) is 9.66. The normalized spacial score (nSPS) is 17.3. The van der Waals surface area contributed by atoms with Gasteiger partial charge in [0.2, 0.25) is 5.75 Å². The van der Waals surface area contributed by atoms with Crippen LogP contribution in [0.1, 0.15) is 76.3 Å². The van der Waals surface area contributed by atoms with Crippen LogP contribution >= 0.6 is 0 Å². The van der Waals surface area contributed by atoms with Crippen LogP contribution in [-0.4, -0.2) is 52.6 Å². The summed E-state index contributed by atoms with van der Waals surface area (Å²) in [5, 5.41) is 45.8. The van der Waals surface area contributed by atoms with Gasteiger partial charge in [-0.15, -0.1) is 0 Å². The number of benzene rings is 2. The standard InChI is InChI=1S/C36H50N2O7/c1-23(2)7-6-18-45-32-21-25(19-30(42)35(32)43)10-13-29(41)34(28(40)12-9-24-8-11-27(39)31(20-24)44-3)36(15-4-5-16-36)26-14-17-38-33(37)22-26/h8,11,14,19-23,28,34,38-40,42-43H,4-7,9-10,12-13,15-18,37H2,1-3H3/t28-,34-/m1/s1. The predicted octanol–water partition coefficient (Wildman–Crippen LogP) is 5.63. The number of rotatable bonds is 16. The summed E-state index contributed by atoms with van der Waals surface area (Å²) in [7, 11) is 1.49. The minimum Gasteiger partial charge on any atom is -0.504 e. The number of aliphatic hydroxyl groups excluding tert-OH is 1. The monoisotopic (exact) mass is 622 g/mol. The summed E-state index contributed by atoms with van der Waals surface area (Å²) >= 11 is 0. The number of aryl methyl sites for hydroxylation is 2. The lowest BCUT2D eigenvalue weighted by atomic mass is 9.63. The Morgan fingerprint density at radius 2 is 1.73 bits per heavy atom. The smallest absolute Gasteiger partial charge is 0.200 e. The van der Waals surface area contributed by atoms with Gasteiger partial charge in [0, 0.05) is 18.4 Å². The molecule has 45 heavy (non-hydrogen) atoms. The third kappa shape index (κ3) is 8.45. The van der Waals surface area contributed by atoms with E-state index < -0.39 is 17.4 Å². The molecule has 0 unspecified atom stereocenters. The van der Waals surface area contributed by atoms with Crippen molar-refractivity contribution in [3.63, 3.8) is 0 Å². The van der Waals surface area contributed by atoms with Gasteiger partial charge in [0.1, 0.15) is 5.78 Å². The second kappa shape index (κ2) is 15.4. The molecular weight excluding hydrogens is 572 g/mol. The summed E-state index contributed by atoms with van der Waals surface area (Å²) in [6, 6.07) is 8.28. The van der Waals surface area contributed by atoms with Gasteiger partial charge in [0.15, 0.2) is 23.0 Å². The molecule has 1 saturated carbocycles. The molecule has 0 spiro atoms. The molecule has 4 rings (SSSR count). The zero-order chi connectivity index (χ0) is 32.6. The Morgan fingerprint density at radius 3 is 2.42 bits per heavy atom. The number of phenolic OH excluding ortho intramolecular Hbond substituents is 3. The second-order valence-electron chi connectivity index (χ2n) is 12.9. The van der Waals surface area contributed by atoms with E-state index in [4.69, 9.17) is 15.2 Å². The van der Waals surface area contributed by atoms with Gasteiger partial charge in [-0.3, -0.25) is 4.79 Å². The fourth-order valence-electron chi connectivity index (χ4n) is 6.94. The van der Waals surface area contributed by atoms with E-state index in [0.717, 1.165) is 49.7 Å². The largest absolute Gasteiger partial charge is 0.504 e. The number of hydrogen-bond donors (Lipinski definition) is 6. The van der Waals surface area contributed by atoms with Gasteiger partial charge < -0.3 is 41.0 Å². The number of dihydropyridines is 1. The molecule has 1 aliphatic heterocycles. The molecule has 0 radical (unpaired) electrons. The molecule has 0 amide bonds. The quantitative estimate of drug-likeness (QED) is 0.103. The minimum absolute atomic E-state index is 0.0476. The molecule has 7 N–H and O–H groups in total. The zero-order valence-electron chi connectivity index (χ0n) is 26.8. The molecule has 2 aliphatic rings. The first-order valence-corrected chi connectivity index (χ1v) is 16.2. The van der Waals surface area contributed by atoms with E-state index in [0.29, 0.717) is 55.5 Å². The summed E-state index contributed by atoms with van der Waals surface area (Å²) in [5.74, 6) is 0.403. The van der Waals surface area contributed by atoms with Crippen LogP contribution in [0.2, 0.25) is 0 Å². The highest BCUT2D eigenvalue weighted by Gasteiger charge is 2.49. The Morgan fingerprint density at radius 1 is 1.00 bits per heavy atom. The molecule has 0 saturated heterocycles. The van der Waals surface area contributed by atoms with Crippen molar-refractivity contribution in [3.05, 3.63) is 65.0 Å². The average Bonchev–Trinajstić information content (AvgIpc) is 3.50. The summed E-state index contributed by atoms with van der Waals surface area (Å²) in [4.78, 5) is 14.3. The summed E-state index contributed by atoms with van der Waals surface area (Å²) in [6.45, 7) is 5.25. The number of carbonyl (C=O) groups is 1. The third-order valence-electron chi connectivity index (χ3n) is 9.27.